The van der Waals surface area contributed by atoms with Gasteiger partial charge in [-0.15, -0.1) is 0 Å². The molecule has 1 saturated heterocycles. The maximum absolute atomic E-state index is 12.4. The summed E-state index contributed by atoms with van der Waals surface area (Å²) < 4.78 is 27.4. The Morgan fingerprint density at radius 2 is 2.09 bits per heavy atom. The molecule has 1 aromatic rings. The van der Waals surface area contributed by atoms with Gasteiger partial charge in [0.1, 0.15) is 4.90 Å². The highest BCUT2D eigenvalue weighted by molar-refractivity contribution is 7.89. The van der Waals surface area contributed by atoms with Gasteiger partial charge < -0.3 is 5.11 Å². The zero-order valence-corrected chi connectivity index (χ0v) is 15.4. The zero-order chi connectivity index (χ0) is 17.0. The molecule has 0 radical (unpaired) electrons. The first-order valence-corrected chi connectivity index (χ1v) is 9.90. The molecule has 1 aliphatic rings. The van der Waals surface area contributed by atoms with Crippen molar-refractivity contribution in [3.05, 3.63) is 27.7 Å². The summed E-state index contributed by atoms with van der Waals surface area (Å²) in [6, 6.07) is 3.07. The fourth-order valence-electron chi connectivity index (χ4n) is 2.81. The van der Waals surface area contributed by atoms with Gasteiger partial charge in [-0.3, -0.25) is 4.90 Å². The molecule has 1 atom stereocenters. The fourth-order valence-corrected chi connectivity index (χ4v) is 4.63. The van der Waals surface area contributed by atoms with E-state index in [1.54, 1.807) is 6.92 Å². The number of sulfonamides is 1. The number of piperidine rings is 1. The van der Waals surface area contributed by atoms with Crippen LogP contribution in [0.1, 0.15) is 24.8 Å². The summed E-state index contributed by atoms with van der Waals surface area (Å²) >= 11 is 12.1. The van der Waals surface area contributed by atoms with Crippen molar-refractivity contribution >= 4 is 33.2 Å². The minimum Gasteiger partial charge on any atom is -0.395 e. The summed E-state index contributed by atoms with van der Waals surface area (Å²) in [5.74, 6) is 0. The van der Waals surface area contributed by atoms with Crippen LogP contribution in [0.4, 0.5) is 0 Å². The molecule has 0 aliphatic carbocycles. The molecule has 2 N–H and O–H groups in total. The maximum atomic E-state index is 12.4. The Bertz CT molecular complexity index is 652. The van der Waals surface area contributed by atoms with Crippen LogP contribution in [0, 0.1) is 6.92 Å². The molecular formula is C15H22Cl2N2O3S. The quantitative estimate of drug-likeness (QED) is 0.794. The molecule has 1 aliphatic heterocycles. The molecule has 1 aromatic carbocycles. The highest BCUT2D eigenvalue weighted by Gasteiger charge is 2.23. The molecule has 0 bridgehead atoms. The van der Waals surface area contributed by atoms with E-state index in [0.717, 1.165) is 25.8 Å². The summed E-state index contributed by atoms with van der Waals surface area (Å²) in [6.07, 6.45) is 3.13. The van der Waals surface area contributed by atoms with Crippen LogP contribution in [0.3, 0.4) is 0 Å². The Labute approximate surface area is 147 Å². The number of likely N-dealkylation sites (tertiary alicyclic amines) is 1. The first-order valence-electron chi connectivity index (χ1n) is 7.66. The summed E-state index contributed by atoms with van der Waals surface area (Å²) in [5.41, 5.74) is 0.549. The molecule has 23 heavy (non-hydrogen) atoms. The molecule has 0 saturated carbocycles. The third-order valence-electron chi connectivity index (χ3n) is 4.23. The molecule has 130 valence electrons. The largest absolute Gasteiger partial charge is 0.395 e. The van der Waals surface area contributed by atoms with Gasteiger partial charge >= 0.3 is 0 Å². The number of halogens is 2. The minimum atomic E-state index is -3.68. The average molecular weight is 381 g/mol. The smallest absolute Gasteiger partial charge is 0.242 e. The van der Waals surface area contributed by atoms with Crippen LogP contribution in [0.25, 0.3) is 0 Å². The number of hydrogen-bond acceptors (Lipinski definition) is 4. The SMILES string of the molecule is Cc1c(Cl)ccc(S(=O)(=O)NCCN2CCCCC2CO)c1Cl. The Hall–Kier alpha value is -0.370. The van der Waals surface area contributed by atoms with Crippen molar-refractivity contribution < 1.29 is 13.5 Å². The van der Waals surface area contributed by atoms with Crippen molar-refractivity contribution in [2.75, 3.05) is 26.2 Å². The van der Waals surface area contributed by atoms with Crippen molar-refractivity contribution in [1.29, 1.82) is 0 Å². The summed E-state index contributed by atoms with van der Waals surface area (Å²) in [5, 5.41) is 9.97. The number of benzene rings is 1. The standard InChI is InChI=1S/C15H22Cl2N2O3S/c1-11-13(16)5-6-14(15(11)17)23(21,22)18-7-9-19-8-3-2-4-12(19)10-20/h5-6,12,18,20H,2-4,7-10H2,1H3. The number of rotatable bonds is 6. The van der Waals surface area contributed by atoms with Gasteiger partial charge in [0.2, 0.25) is 10.0 Å². The highest BCUT2D eigenvalue weighted by Crippen LogP contribution is 2.30. The molecule has 0 aromatic heterocycles. The molecule has 1 unspecified atom stereocenters. The molecule has 1 heterocycles. The van der Waals surface area contributed by atoms with Gasteiger partial charge in [0.05, 0.1) is 11.6 Å². The second-order valence-corrected chi connectivity index (χ2v) is 8.27. The number of hydrogen-bond donors (Lipinski definition) is 2. The van der Waals surface area contributed by atoms with Gasteiger partial charge in [0.15, 0.2) is 0 Å². The third kappa shape index (κ3) is 4.59. The highest BCUT2D eigenvalue weighted by atomic mass is 35.5. The normalized spacial score (nSPS) is 19.9. The lowest BCUT2D eigenvalue weighted by atomic mass is 10.0. The van der Waals surface area contributed by atoms with Gasteiger partial charge in [-0.25, -0.2) is 13.1 Å². The molecule has 5 nitrogen and oxygen atoms in total. The lowest BCUT2D eigenvalue weighted by Crippen LogP contribution is -2.45. The van der Waals surface area contributed by atoms with Gasteiger partial charge in [-0.05, 0) is 44.0 Å². The number of aliphatic hydroxyl groups excluding tert-OH is 1. The van der Waals surface area contributed by atoms with E-state index >= 15 is 0 Å². The third-order valence-corrected chi connectivity index (χ3v) is 6.74. The predicted octanol–water partition coefficient (Wildman–Crippen LogP) is 2.43. The van der Waals surface area contributed by atoms with E-state index in [4.69, 9.17) is 23.2 Å². The van der Waals surface area contributed by atoms with Crippen LogP contribution in [-0.2, 0) is 10.0 Å². The van der Waals surface area contributed by atoms with E-state index in [1.165, 1.54) is 12.1 Å². The predicted molar refractivity (Wildman–Crippen MR) is 92.7 cm³/mol. The van der Waals surface area contributed by atoms with Gasteiger partial charge in [0.25, 0.3) is 0 Å². The van der Waals surface area contributed by atoms with Crippen molar-refractivity contribution in [2.45, 2.75) is 37.1 Å². The number of aliphatic hydroxyl groups is 1. The van der Waals surface area contributed by atoms with E-state index in [2.05, 4.69) is 9.62 Å². The Kier molecular flexibility index (Phi) is 6.71. The molecule has 1 fully saturated rings. The molecule has 2 rings (SSSR count). The van der Waals surface area contributed by atoms with Crippen LogP contribution in [-0.4, -0.2) is 50.7 Å². The fraction of sp³-hybridized carbons (Fsp3) is 0.600. The number of nitrogens with zero attached hydrogens (tertiary/aromatic N) is 1. The molecule has 0 spiro atoms. The minimum absolute atomic E-state index is 0.0402. The van der Waals surface area contributed by atoms with E-state index < -0.39 is 10.0 Å². The average Bonchev–Trinajstić information content (AvgIpc) is 2.52. The van der Waals surface area contributed by atoms with E-state index in [9.17, 15) is 13.5 Å². The van der Waals surface area contributed by atoms with E-state index in [1.807, 2.05) is 0 Å². The van der Waals surface area contributed by atoms with E-state index in [0.29, 0.717) is 17.1 Å². The van der Waals surface area contributed by atoms with Crippen molar-refractivity contribution in [3.8, 4) is 0 Å². The Balaban J connectivity index is 2.01. The second kappa shape index (κ2) is 8.14. The lowest BCUT2D eigenvalue weighted by molar-refractivity contribution is 0.0923. The van der Waals surface area contributed by atoms with Gasteiger partial charge in [-0.2, -0.15) is 0 Å². The molecule has 8 heteroatoms. The van der Waals surface area contributed by atoms with Crippen LogP contribution in [0.15, 0.2) is 17.0 Å². The van der Waals surface area contributed by atoms with Crippen LogP contribution in [0.2, 0.25) is 10.0 Å². The maximum Gasteiger partial charge on any atom is 0.242 e. The molecule has 0 amide bonds. The van der Waals surface area contributed by atoms with Crippen LogP contribution in [0.5, 0.6) is 0 Å². The summed E-state index contributed by atoms with van der Waals surface area (Å²) in [7, 11) is -3.68. The van der Waals surface area contributed by atoms with Crippen molar-refractivity contribution in [1.82, 2.24) is 9.62 Å². The summed E-state index contributed by atoms with van der Waals surface area (Å²) in [4.78, 5) is 2.17. The zero-order valence-electron chi connectivity index (χ0n) is 13.1. The molecular weight excluding hydrogens is 359 g/mol. The number of nitrogens with one attached hydrogen (secondary N) is 1. The van der Waals surface area contributed by atoms with Gasteiger partial charge in [0, 0.05) is 24.2 Å². The Morgan fingerprint density at radius 1 is 1.35 bits per heavy atom. The Morgan fingerprint density at radius 3 is 2.78 bits per heavy atom. The van der Waals surface area contributed by atoms with Crippen molar-refractivity contribution in [2.24, 2.45) is 0 Å². The monoisotopic (exact) mass is 380 g/mol. The van der Waals surface area contributed by atoms with E-state index in [-0.39, 0.29) is 29.1 Å². The van der Waals surface area contributed by atoms with Crippen molar-refractivity contribution in [3.63, 3.8) is 0 Å². The van der Waals surface area contributed by atoms with Gasteiger partial charge in [-0.1, -0.05) is 29.6 Å². The first kappa shape index (κ1) is 19.0. The first-order chi connectivity index (χ1) is 10.9. The van der Waals surface area contributed by atoms with Crippen LogP contribution < -0.4 is 4.72 Å². The topological polar surface area (TPSA) is 69.6 Å². The summed E-state index contributed by atoms with van der Waals surface area (Å²) in [6.45, 7) is 3.51. The lowest BCUT2D eigenvalue weighted by Gasteiger charge is -2.34. The van der Waals surface area contributed by atoms with Crippen LogP contribution >= 0.6 is 23.2 Å². The second-order valence-electron chi connectivity index (χ2n) is 5.75.